The Morgan fingerprint density at radius 1 is 1.23 bits per heavy atom. The van der Waals surface area contributed by atoms with Gasteiger partial charge in [-0.2, -0.15) is 5.10 Å². The number of nitrogens with zero attached hydrogens (tertiary/aromatic N) is 4. The predicted octanol–water partition coefficient (Wildman–Crippen LogP) is 2.29. The SMILES string of the molecule is CN(C)C(=NCc1ccccc1)NCCc1cnn(C)c1.I. The molecule has 0 amide bonds. The molecule has 1 aromatic heterocycles. The Morgan fingerprint density at radius 3 is 2.55 bits per heavy atom. The van der Waals surface area contributed by atoms with Crippen LogP contribution in [-0.4, -0.2) is 41.3 Å². The average Bonchev–Trinajstić information content (AvgIpc) is 2.89. The van der Waals surface area contributed by atoms with Crippen LogP contribution >= 0.6 is 24.0 Å². The molecule has 0 saturated heterocycles. The fourth-order valence-corrected chi connectivity index (χ4v) is 2.02. The molecule has 0 unspecified atom stereocenters. The molecule has 2 aromatic rings. The zero-order valence-electron chi connectivity index (χ0n) is 13.4. The van der Waals surface area contributed by atoms with Crippen LogP contribution in [0.4, 0.5) is 0 Å². The largest absolute Gasteiger partial charge is 0.356 e. The Morgan fingerprint density at radius 2 is 1.95 bits per heavy atom. The van der Waals surface area contributed by atoms with Crippen LogP contribution in [0.3, 0.4) is 0 Å². The maximum atomic E-state index is 4.64. The molecule has 0 bridgehead atoms. The fraction of sp³-hybridized carbons (Fsp3) is 0.375. The van der Waals surface area contributed by atoms with Gasteiger partial charge in [-0.3, -0.25) is 4.68 Å². The molecule has 0 aliphatic carbocycles. The standard InChI is InChI=1S/C16H23N5.HI/c1-20(2)16(18-11-14-7-5-4-6-8-14)17-10-9-15-12-19-21(3)13-15;/h4-8,12-13H,9-11H2,1-3H3,(H,17,18);1H. The number of guanidine groups is 1. The molecule has 0 atom stereocenters. The monoisotopic (exact) mass is 413 g/mol. The van der Waals surface area contributed by atoms with Gasteiger partial charge in [0.1, 0.15) is 0 Å². The summed E-state index contributed by atoms with van der Waals surface area (Å²) >= 11 is 0. The quantitative estimate of drug-likeness (QED) is 0.465. The van der Waals surface area contributed by atoms with Crippen molar-refractivity contribution in [2.75, 3.05) is 20.6 Å². The maximum Gasteiger partial charge on any atom is 0.193 e. The molecule has 0 aliphatic heterocycles. The van der Waals surface area contributed by atoms with Crippen LogP contribution in [0.1, 0.15) is 11.1 Å². The van der Waals surface area contributed by atoms with Crippen LogP contribution in [0.25, 0.3) is 0 Å². The number of rotatable bonds is 5. The van der Waals surface area contributed by atoms with E-state index in [9.17, 15) is 0 Å². The van der Waals surface area contributed by atoms with Crippen LogP contribution in [0.15, 0.2) is 47.7 Å². The Hall–Kier alpha value is -1.57. The van der Waals surface area contributed by atoms with Gasteiger partial charge in [-0.1, -0.05) is 30.3 Å². The van der Waals surface area contributed by atoms with E-state index in [1.807, 2.05) is 61.3 Å². The second-order valence-electron chi connectivity index (χ2n) is 5.22. The highest BCUT2D eigenvalue weighted by Crippen LogP contribution is 2.01. The van der Waals surface area contributed by atoms with E-state index in [1.54, 1.807) is 0 Å². The molecule has 1 heterocycles. The van der Waals surface area contributed by atoms with Gasteiger partial charge < -0.3 is 10.2 Å². The van der Waals surface area contributed by atoms with Crippen molar-refractivity contribution >= 4 is 29.9 Å². The van der Waals surface area contributed by atoms with E-state index < -0.39 is 0 Å². The van der Waals surface area contributed by atoms with Crippen molar-refractivity contribution < 1.29 is 0 Å². The van der Waals surface area contributed by atoms with Crippen LogP contribution in [0.2, 0.25) is 0 Å². The van der Waals surface area contributed by atoms with E-state index in [1.165, 1.54) is 11.1 Å². The van der Waals surface area contributed by atoms with Crippen molar-refractivity contribution in [2.45, 2.75) is 13.0 Å². The van der Waals surface area contributed by atoms with Crippen LogP contribution in [0, 0.1) is 0 Å². The molecule has 2 rings (SSSR count). The van der Waals surface area contributed by atoms with E-state index >= 15 is 0 Å². The van der Waals surface area contributed by atoms with Crippen molar-refractivity contribution in [1.29, 1.82) is 0 Å². The number of benzene rings is 1. The lowest BCUT2D eigenvalue weighted by molar-refractivity contribution is 0.579. The number of aryl methyl sites for hydroxylation is 1. The summed E-state index contributed by atoms with van der Waals surface area (Å²) in [5.74, 6) is 0.905. The minimum atomic E-state index is 0. The van der Waals surface area contributed by atoms with Gasteiger partial charge in [-0.05, 0) is 17.5 Å². The lowest BCUT2D eigenvalue weighted by Gasteiger charge is -2.17. The summed E-state index contributed by atoms with van der Waals surface area (Å²) in [5, 5.41) is 7.56. The number of halogens is 1. The van der Waals surface area contributed by atoms with E-state index in [-0.39, 0.29) is 24.0 Å². The highest BCUT2D eigenvalue weighted by Gasteiger charge is 2.02. The highest BCUT2D eigenvalue weighted by atomic mass is 127. The van der Waals surface area contributed by atoms with Gasteiger partial charge in [-0.25, -0.2) is 4.99 Å². The first-order valence-corrected chi connectivity index (χ1v) is 7.12. The van der Waals surface area contributed by atoms with Crippen molar-refractivity contribution in [3.8, 4) is 0 Å². The number of aliphatic imine (C=N–C) groups is 1. The molecule has 5 nitrogen and oxygen atoms in total. The smallest absolute Gasteiger partial charge is 0.193 e. The fourth-order valence-electron chi connectivity index (χ4n) is 2.02. The van der Waals surface area contributed by atoms with Crippen LogP contribution in [0.5, 0.6) is 0 Å². The first-order chi connectivity index (χ1) is 10.1. The summed E-state index contributed by atoms with van der Waals surface area (Å²) in [6, 6.07) is 10.3. The summed E-state index contributed by atoms with van der Waals surface area (Å²) < 4.78 is 1.83. The van der Waals surface area contributed by atoms with E-state index in [2.05, 4.69) is 27.5 Å². The third-order valence-corrected chi connectivity index (χ3v) is 3.13. The summed E-state index contributed by atoms with van der Waals surface area (Å²) in [4.78, 5) is 6.65. The zero-order valence-corrected chi connectivity index (χ0v) is 15.7. The molecule has 0 radical (unpaired) electrons. The first-order valence-electron chi connectivity index (χ1n) is 7.12. The van der Waals surface area contributed by atoms with Gasteiger partial charge in [0.05, 0.1) is 12.7 Å². The summed E-state index contributed by atoms with van der Waals surface area (Å²) in [6.45, 7) is 1.53. The summed E-state index contributed by atoms with van der Waals surface area (Å²) in [7, 11) is 5.94. The second kappa shape index (κ2) is 9.45. The number of aromatic nitrogens is 2. The molecule has 22 heavy (non-hydrogen) atoms. The number of nitrogens with one attached hydrogen (secondary N) is 1. The van der Waals surface area contributed by atoms with Gasteiger partial charge in [0, 0.05) is 33.9 Å². The van der Waals surface area contributed by atoms with Crippen LogP contribution < -0.4 is 5.32 Å². The van der Waals surface area contributed by atoms with Crippen molar-refractivity contribution in [2.24, 2.45) is 12.0 Å². The summed E-state index contributed by atoms with van der Waals surface area (Å²) in [5.41, 5.74) is 2.44. The minimum absolute atomic E-state index is 0. The molecular weight excluding hydrogens is 389 g/mol. The highest BCUT2D eigenvalue weighted by molar-refractivity contribution is 14.0. The predicted molar refractivity (Wildman–Crippen MR) is 102 cm³/mol. The Kier molecular flexibility index (Phi) is 7.94. The van der Waals surface area contributed by atoms with Crippen molar-refractivity contribution in [3.63, 3.8) is 0 Å². The van der Waals surface area contributed by atoms with E-state index in [0.29, 0.717) is 6.54 Å². The van der Waals surface area contributed by atoms with E-state index in [0.717, 1.165) is 18.9 Å². The second-order valence-corrected chi connectivity index (χ2v) is 5.22. The van der Waals surface area contributed by atoms with Gasteiger partial charge in [0.2, 0.25) is 0 Å². The van der Waals surface area contributed by atoms with Crippen molar-refractivity contribution in [3.05, 3.63) is 53.9 Å². The number of hydrogen-bond acceptors (Lipinski definition) is 2. The van der Waals surface area contributed by atoms with Crippen molar-refractivity contribution in [1.82, 2.24) is 20.0 Å². The van der Waals surface area contributed by atoms with Crippen LogP contribution in [-0.2, 0) is 20.0 Å². The van der Waals surface area contributed by atoms with Gasteiger partial charge in [-0.15, -0.1) is 24.0 Å². The third-order valence-electron chi connectivity index (χ3n) is 3.13. The maximum absolute atomic E-state index is 4.64. The molecular formula is C16H24IN5. The zero-order chi connectivity index (χ0) is 15.1. The Labute approximate surface area is 149 Å². The molecule has 6 heteroatoms. The first kappa shape index (κ1) is 18.5. The molecule has 0 aliphatic rings. The van der Waals surface area contributed by atoms with Gasteiger partial charge in [0.15, 0.2) is 5.96 Å². The molecule has 0 fully saturated rings. The minimum Gasteiger partial charge on any atom is -0.356 e. The lowest BCUT2D eigenvalue weighted by Crippen LogP contribution is -2.37. The normalized spacial score (nSPS) is 11.0. The van der Waals surface area contributed by atoms with E-state index in [4.69, 9.17) is 0 Å². The topological polar surface area (TPSA) is 45.4 Å². The van der Waals surface area contributed by atoms with Gasteiger partial charge in [0.25, 0.3) is 0 Å². The molecule has 1 aromatic carbocycles. The number of hydrogen-bond donors (Lipinski definition) is 1. The molecule has 1 N–H and O–H groups in total. The Balaban J connectivity index is 0.00000242. The average molecular weight is 413 g/mol. The lowest BCUT2D eigenvalue weighted by atomic mass is 10.2. The molecule has 0 spiro atoms. The molecule has 120 valence electrons. The summed E-state index contributed by atoms with van der Waals surface area (Å²) in [6.07, 6.45) is 4.88. The van der Waals surface area contributed by atoms with Gasteiger partial charge >= 0.3 is 0 Å². The Bertz CT molecular complexity index is 577. The molecule has 0 saturated carbocycles. The third kappa shape index (κ3) is 6.05.